The lowest BCUT2D eigenvalue weighted by atomic mass is 9.90. The number of aromatic nitrogens is 4. The van der Waals surface area contributed by atoms with Crippen LogP contribution in [0.3, 0.4) is 0 Å². The minimum Gasteiger partial charge on any atom is -0.356 e. The van der Waals surface area contributed by atoms with Gasteiger partial charge in [0.05, 0.1) is 0 Å². The molecule has 4 rings (SSSR count). The molecule has 0 N–H and O–H groups in total. The number of nitrogens with zero attached hydrogens (tertiary/aromatic N) is 5. The lowest BCUT2D eigenvalue weighted by molar-refractivity contribution is 0.402. The number of rotatable bonds is 4. The van der Waals surface area contributed by atoms with E-state index in [2.05, 4.69) is 50.3 Å². The number of anilines is 1. The van der Waals surface area contributed by atoms with Crippen molar-refractivity contribution in [2.45, 2.75) is 19.3 Å². The van der Waals surface area contributed by atoms with Gasteiger partial charge in [0.25, 0.3) is 0 Å². The number of piperidine rings is 1. The van der Waals surface area contributed by atoms with Gasteiger partial charge in [0.15, 0.2) is 5.82 Å². The van der Waals surface area contributed by atoms with Crippen molar-refractivity contribution in [3.05, 3.63) is 66.7 Å². The third kappa shape index (κ3) is 3.30. The predicted octanol–water partition coefficient (Wildman–Crippen LogP) is 3.12. The largest absolute Gasteiger partial charge is 0.356 e. The fourth-order valence-electron chi connectivity index (χ4n) is 3.35. The molecule has 0 unspecified atom stereocenters. The zero-order chi connectivity index (χ0) is 16.2. The van der Waals surface area contributed by atoms with Crippen LogP contribution in [0.2, 0.25) is 0 Å². The first-order chi connectivity index (χ1) is 11.9. The van der Waals surface area contributed by atoms with Gasteiger partial charge in [-0.2, -0.15) is 5.10 Å². The topological polar surface area (TPSA) is 46.8 Å². The maximum atomic E-state index is 4.46. The Morgan fingerprint density at radius 1 is 0.958 bits per heavy atom. The highest BCUT2D eigenvalue weighted by molar-refractivity contribution is 5.43. The summed E-state index contributed by atoms with van der Waals surface area (Å²) in [4.78, 5) is 11.1. The van der Waals surface area contributed by atoms with Gasteiger partial charge < -0.3 is 4.90 Å². The van der Waals surface area contributed by atoms with Crippen LogP contribution in [0, 0.1) is 5.92 Å². The molecule has 1 fully saturated rings. The number of hydrogen-bond acceptors (Lipinski definition) is 4. The van der Waals surface area contributed by atoms with Crippen molar-refractivity contribution in [2.75, 3.05) is 18.0 Å². The molecule has 5 heteroatoms. The van der Waals surface area contributed by atoms with E-state index in [1.165, 1.54) is 24.8 Å². The van der Waals surface area contributed by atoms with E-state index in [1.807, 2.05) is 18.3 Å². The van der Waals surface area contributed by atoms with Crippen LogP contribution >= 0.6 is 0 Å². The minimum atomic E-state index is 0.760. The highest BCUT2D eigenvalue weighted by Crippen LogP contribution is 2.25. The van der Waals surface area contributed by atoms with E-state index in [0.29, 0.717) is 0 Å². The zero-order valence-electron chi connectivity index (χ0n) is 13.6. The summed E-state index contributed by atoms with van der Waals surface area (Å²) < 4.78 is 1.77. The van der Waals surface area contributed by atoms with Crippen LogP contribution in [-0.2, 0) is 6.42 Å². The molecule has 0 aliphatic carbocycles. The SMILES string of the molecule is c1ccc(CC2CCN(c3cc(-n4cccn4)ncn3)CC2)cc1. The molecule has 1 aliphatic rings. The third-order valence-corrected chi connectivity index (χ3v) is 4.68. The van der Waals surface area contributed by atoms with Crippen molar-refractivity contribution in [3.8, 4) is 5.82 Å². The van der Waals surface area contributed by atoms with E-state index in [1.54, 1.807) is 17.2 Å². The maximum Gasteiger partial charge on any atom is 0.158 e. The van der Waals surface area contributed by atoms with Crippen molar-refractivity contribution in [1.29, 1.82) is 0 Å². The fourth-order valence-corrected chi connectivity index (χ4v) is 3.35. The van der Waals surface area contributed by atoms with Gasteiger partial charge in [-0.1, -0.05) is 30.3 Å². The van der Waals surface area contributed by atoms with Crippen molar-refractivity contribution in [2.24, 2.45) is 5.92 Å². The molecule has 0 saturated carbocycles. The Hall–Kier alpha value is -2.69. The van der Waals surface area contributed by atoms with Crippen LogP contribution in [0.5, 0.6) is 0 Å². The number of hydrogen-bond donors (Lipinski definition) is 0. The van der Waals surface area contributed by atoms with Gasteiger partial charge in [0.2, 0.25) is 0 Å². The standard InChI is InChI=1S/C19H21N5/c1-2-5-16(6-3-1)13-17-7-11-23(12-8-17)18-14-19(21-15-20-18)24-10-4-9-22-24/h1-6,9-10,14-15,17H,7-8,11-13H2. The van der Waals surface area contributed by atoms with E-state index >= 15 is 0 Å². The Bertz CT molecular complexity index is 761. The molecule has 0 bridgehead atoms. The Morgan fingerprint density at radius 2 is 1.75 bits per heavy atom. The molecule has 0 atom stereocenters. The average molecular weight is 319 g/mol. The fraction of sp³-hybridized carbons (Fsp3) is 0.316. The second-order valence-electron chi connectivity index (χ2n) is 6.31. The summed E-state index contributed by atoms with van der Waals surface area (Å²) in [6, 6.07) is 14.7. The molecule has 0 spiro atoms. The molecule has 5 nitrogen and oxygen atoms in total. The van der Waals surface area contributed by atoms with E-state index in [0.717, 1.165) is 30.6 Å². The summed E-state index contributed by atoms with van der Waals surface area (Å²) in [7, 11) is 0. The predicted molar refractivity (Wildman–Crippen MR) is 94.2 cm³/mol. The normalized spacial score (nSPS) is 15.6. The highest BCUT2D eigenvalue weighted by atomic mass is 15.3. The molecule has 24 heavy (non-hydrogen) atoms. The lowest BCUT2D eigenvalue weighted by Crippen LogP contribution is -2.35. The van der Waals surface area contributed by atoms with Gasteiger partial charge >= 0.3 is 0 Å². The summed E-state index contributed by atoms with van der Waals surface area (Å²) in [5, 5.41) is 4.24. The molecule has 3 heterocycles. The van der Waals surface area contributed by atoms with Gasteiger partial charge in [-0.25, -0.2) is 14.6 Å². The Labute approximate surface area is 142 Å². The van der Waals surface area contributed by atoms with Crippen molar-refractivity contribution < 1.29 is 0 Å². The van der Waals surface area contributed by atoms with Gasteiger partial charge in [-0.3, -0.25) is 0 Å². The van der Waals surface area contributed by atoms with E-state index < -0.39 is 0 Å². The average Bonchev–Trinajstić information content (AvgIpc) is 3.18. The van der Waals surface area contributed by atoms with Gasteiger partial charge in [-0.05, 0) is 36.8 Å². The third-order valence-electron chi connectivity index (χ3n) is 4.68. The van der Waals surface area contributed by atoms with Crippen LogP contribution in [-0.4, -0.2) is 32.8 Å². The number of benzene rings is 1. The van der Waals surface area contributed by atoms with Crippen LogP contribution in [0.15, 0.2) is 61.2 Å². The summed E-state index contributed by atoms with van der Waals surface area (Å²) in [5.41, 5.74) is 1.44. The second kappa shape index (κ2) is 6.83. The molecule has 1 saturated heterocycles. The summed E-state index contributed by atoms with van der Waals surface area (Å²) in [6.45, 7) is 2.10. The maximum absolute atomic E-state index is 4.46. The monoisotopic (exact) mass is 319 g/mol. The Kier molecular flexibility index (Phi) is 4.23. The molecule has 122 valence electrons. The first kappa shape index (κ1) is 14.9. The highest BCUT2D eigenvalue weighted by Gasteiger charge is 2.20. The smallest absolute Gasteiger partial charge is 0.158 e. The zero-order valence-corrected chi connectivity index (χ0v) is 13.6. The molecule has 3 aromatic rings. The van der Waals surface area contributed by atoms with Crippen LogP contribution in [0.4, 0.5) is 5.82 Å². The molecule has 2 aromatic heterocycles. The minimum absolute atomic E-state index is 0.760. The molecular formula is C19H21N5. The van der Waals surface area contributed by atoms with Gasteiger partial charge in [-0.15, -0.1) is 0 Å². The van der Waals surface area contributed by atoms with Crippen LogP contribution < -0.4 is 4.90 Å². The van der Waals surface area contributed by atoms with E-state index in [4.69, 9.17) is 0 Å². The quantitative estimate of drug-likeness (QED) is 0.741. The summed E-state index contributed by atoms with van der Waals surface area (Å²) in [5.74, 6) is 2.57. The summed E-state index contributed by atoms with van der Waals surface area (Å²) >= 11 is 0. The first-order valence-corrected chi connectivity index (χ1v) is 8.49. The van der Waals surface area contributed by atoms with Gasteiger partial charge in [0.1, 0.15) is 12.1 Å². The van der Waals surface area contributed by atoms with Crippen molar-refractivity contribution in [3.63, 3.8) is 0 Å². The Balaban J connectivity index is 1.40. The lowest BCUT2D eigenvalue weighted by Gasteiger charge is -2.33. The van der Waals surface area contributed by atoms with Gasteiger partial charge in [0, 0.05) is 31.5 Å². The second-order valence-corrected chi connectivity index (χ2v) is 6.31. The Morgan fingerprint density at radius 3 is 2.50 bits per heavy atom. The summed E-state index contributed by atoms with van der Waals surface area (Å²) in [6.07, 6.45) is 8.88. The molecule has 1 aliphatic heterocycles. The van der Waals surface area contributed by atoms with E-state index in [9.17, 15) is 0 Å². The van der Waals surface area contributed by atoms with Crippen LogP contribution in [0.1, 0.15) is 18.4 Å². The molecule has 0 radical (unpaired) electrons. The molecule has 0 amide bonds. The van der Waals surface area contributed by atoms with E-state index in [-0.39, 0.29) is 0 Å². The first-order valence-electron chi connectivity index (χ1n) is 8.49. The molecular weight excluding hydrogens is 298 g/mol. The van der Waals surface area contributed by atoms with Crippen molar-refractivity contribution >= 4 is 5.82 Å². The van der Waals surface area contributed by atoms with Crippen molar-refractivity contribution in [1.82, 2.24) is 19.7 Å². The van der Waals surface area contributed by atoms with Crippen LogP contribution in [0.25, 0.3) is 5.82 Å². The molecule has 1 aromatic carbocycles.